The molecule has 3 N–H and O–H groups in total. The first-order valence-corrected chi connectivity index (χ1v) is 10.6. The predicted octanol–water partition coefficient (Wildman–Crippen LogP) is 2.88. The first kappa shape index (κ1) is 19.4. The van der Waals surface area contributed by atoms with Crippen molar-refractivity contribution in [3.05, 3.63) is 70.4 Å². The molecular weight excluding hydrogens is 390 g/mol. The largest absolute Gasteiger partial charge is 0.383 e. The Labute approximate surface area is 180 Å². The summed E-state index contributed by atoms with van der Waals surface area (Å²) in [6.07, 6.45) is 4.49. The quantitative estimate of drug-likeness (QED) is 0.625. The molecule has 0 spiro atoms. The van der Waals surface area contributed by atoms with E-state index in [-0.39, 0.29) is 23.6 Å². The van der Waals surface area contributed by atoms with Crippen LogP contribution in [0.25, 0.3) is 5.69 Å². The van der Waals surface area contributed by atoms with E-state index in [4.69, 9.17) is 5.73 Å². The van der Waals surface area contributed by atoms with Gasteiger partial charge in [0.15, 0.2) is 5.78 Å². The van der Waals surface area contributed by atoms with E-state index in [1.807, 2.05) is 31.2 Å². The normalized spacial score (nSPS) is 15.1. The molecule has 0 unspecified atom stereocenters. The third-order valence-electron chi connectivity index (χ3n) is 6.13. The molecule has 1 amide bonds. The number of carbonyl (C=O) groups is 2. The second-order valence-electron chi connectivity index (χ2n) is 8.45. The van der Waals surface area contributed by atoms with Crippen molar-refractivity contribution in [2.24, 2.45) is 0 Å². The molecule has 0 radical (unpaired) electrons. The van der Waals surface area contributed by atoms with Crippen molar-refractivity contribution in [2.75, 3.05) is 24.2 Å². The smallest absolute Gasteiger partial charge is 0.251 e. The maximum absolute atomic E-state index is 13.2. The van der Waals surface area contributed by atoms with E-state index in [0.717, 1.165) is 37.1 Å². The van der Waals surface area contributed by atoms with Gasteiger partial charge in [-0.15, -0.1) is 0 Å². The Kier molecular flexibility index (Phi) is 4.54. The fourth-order valence-electron chi connectivity index (χ4n) is 4.06. The molecule has 1 aliphatic heterocycles. The van der Waals surface area contributed by atoms with Gasteiger partial charge in [-0.3, -0.25) is 9.59 Å². The van der Waals surface area contributed by atoms with Crippen molar-refractivity contribution < 1.29 is 9.59 Å². The van der Waals surface area contributed by atoms with Crippen LogP contribution in [0, 0.1) is 6.92 Å². The van der Waals surface area contributed by atoms with E-state index in [2.05, 4.69) is 22.4 Å². The molecule has 7 nitrogen and oxygen atoms in total. The molecule has 2 aromatic carbocycles. The Morgan fingerprint density at radius 2 is 1.87 bits per heavy atom. The van der Waals surface area contributed by atoms with Gasteiger partial charge >= 0.3 is 0 Å². The minimum atomic E-state index is -0.151. The number of rotatable bonds is 5. The lowest BCUT2D eigenvalue weighted by Crippen LogP contribution is -2.25. The van der Waals surface area contributed by atoms with Crippen LogP contribution < -0.4 is 16.0 Å². The number of aromatic nitrogens is 2. The van der Waals surface area contributed by atoms with E-state index in [9.17, 15) is 9.59 Å². The maximum Gasteiger partial charge on any atom is 0.251 e. The summed E-state index contributed by atoms with van der Waals surface area (Å²) in [5, 5.41) is 7.38. The predicted molar refractivity (Wildman–Crippen MR) is 120 cm³/mol. The number of hydrogen-bond acceptors (Lipinski definition) is 5. The van der Waals surface area contributed by atoms with Gasteiger partial charge in [0, 0.05) is 36.4 Å². The highest BCUT2D eigenvalue weighted by molar-refractivity contribution is 6.12. The number of anilines is 2. The summed E-state index contributed by atoms with van der Waals surface area (Å²) in [5.41, 5.74) is 11.8. The molecule has 7 heteroatoms. The second kappa shape index (κ2) is 7.27. The van der Waals surface area contributed by atoms with Gasteiger partial charge < -0.3 is 16.0 Å². The number of nitrogens with two attached hydrogens (primary N) is 1. The number of ketones is 1. The number of nitrogens with one attached hydrogen (secondary N) is 1. The molecule has 2 aliphatic rings. The van der Waals surface area contributed by atoms with Gasteiger partial charge in [-0.05, 0) is 67.6 Å². The van der Waals surface area contributed by atoms with Crippen LogP contribution in [0.4, 0.5) is 11.5 Å². The summed E-state index contributed by atoms with van der Waals surface area (Å²) >= 11 is 0. The van der Waals surface area contributed by atoms with Crippen LogP contribution in [0.1, 0.15) is 50.2 Å². The molecule has 3 aromatic rings. The number of aryl methyl sites for hydroxylation is 1. The third kappa shape index (κ3) is 3.46. The highest BCUT2D eigenvalue weighted by atomic mass is 16.1. The zero-order chi connectivity index (χ0) is 21.7. The lowest BCUT2D eigenvalue weighted by atomic mass is 10.0. The van der Waals surface area contributed by atoms with Crippen molar-refractivity contribution in [3.63, 3.8) is 0 Å². The second-order valence-corrected chi connectivity index (χ2v) is 8.45. The SMILES string of the molecule is Cc1ccc(C(=O)NC2CC2)cc1-n1ncc(C(=O)c2ccc3c(c2)CCN3C)c1N. The number of hydrogen-bond donors (Lipinski definition) is 2. The molecule has 0 atom stereocenters. The monoisotopic (exact) mass is 415 g/mol. The minimum absolute atomic E-state index is 0.103. The van der Waals surface area contributed by atoms with Crippen molar-refractivity contribution in [2.45, 2.75) is 32.2 Å². The molecule has 5 rings (SSSR count). The average molecular weight is 415 g/mol. The number of nitrogens with zero attached hydrogens (tertiary/aromatic N) is 3. The summed E-state index contributed by atoms with van der Waals surface area (Å²) in [6, 6.07) is 11.5. The summed E-state index contributed by atoms with van der Waals surface area (Å²) in [6.45, 7) is 2.88. The molecule has 1 saturated carbocycles. The van der Waals surface area contributed by atoms with Gasteiger partial charge in [0.1, 0.15) is 5.82 Å². The Bertz CT molecular complexity index is 1210. The number of nitrogen functional groups attached to an aromatic ring is 1. The van der Waals surface area contributed by atoms with Crippen molar-refractivity contribution in [1.29, 1.82) is 0 Å². The number of fused-ring (bicyclic) bond motifs is 1. The van der Waals surface area contributed by atoms with E-state index in [0.29, 0.717) is 22.4 Å². The number of amides is 1. The van der Waals surface area contributed by atoms with E-state index in [1.54, 1.807) is 12.1 Å². The summed E-state index contributed by atoms with van der Waals surface area (Å²) in [4.78, 5) is 27.8. The Morgan fingerprint density at radius 1 is 1.10 bits per heavy atom. The minimum Gasteiger partial charge on any atom is -0.383 e. The van der Waals surface area contributed by atoms with Crippen LogP contribution >= 0.6 is 0 Å². The van der Waals surface area contributed by atoms with Crippen molar-refractivity contribution in [1.82, 2.24) is 15.1 Å². The third-order valence-corrected chi connectivity index (χ3v) is 6.13. The maximum atomic E-state index is 13.2. The molecule has 1 fully saturated rings. The zero-order valence-electron chi connectivity index (χ0n) is 17.7. The summed E-state index contributed by atoms with van der Waals surface area (Å²) in [7, 11) is 2.05. The summed E-state index contributed by atoms with van der Waals surface area (Å²) < 4.78 is 1.54. The van der Waals surface area contributed by atoms with Crippen LogP contribution in [0.3, 0.4) is 0 Å². The fourth-order valence-corrected chi connectivity index (χ4v) is 4.06. The van der Waals surface area contributed by atoms with Gasteiger partial charge in [0.25, 0.3) is 5.91 Å². The standard InChI is InChI=1S/C24H25N5O2/c1-14-3-4-17(24(31)27-18-6-7-18)12-21(14)29-23(25)19(13-26-29)22(30)16-5-8-20-15(11-16)9-10-28(20)2/h3-5,8,11-13,18H,6-7,9-10,25H2,1-2H3,(H,27,31). The molecular formula is C24H25N5O2. The Hall–Kier alpha value is -3.61. The molecule has 1 aromatic heterocycles. The van der Waals surface area contributed by atoms with Gasteiger partial charge in [0.2, 0.25) is 0 Å². The lowest BCUT2D eigenvalue weighted by Gasteiger charge is -2.12. The molecule has 31 heavy (non-hydrogen) atoms. The molecule has 158 valence electrons. The number of likely N-dealkylation sites (N-methyl/N-ethyl adjacent to an activating group) is 1. The van der Waals surface area contributed by atoms with Crippen molar-refractivity contribution in [3.8, 4) is 5.69 Å². The Morgan fingerprint density at radius 3 is 2.65 bits per heavy atom. The van der Waals surface area contributed by atoms with E-state index in [1.165, 1.54) is 16.4 Å². The lowest BCUT2D eigenvalue weighted by molar-refractivity contribution is 0.0950. The molecule has 0 saturated heterocycles. The first-order chi connectivity index (χ1) is 14.9. The van der Waals surface area contributed by atoms with Crippen LogP contribution in [0.2, 0.25) is 0 Å². The fraction of sp³-hybridized carbons (Fsp3) is 0.292. The van der Waals surface area contributed by atoms with Crippen LogP contribution in [-0.4, -0.2) is 41.1 Å². The highest BCUT2D eigenvalue weighted by Crippen LogP contribution is 2.29. The zero-order valence-corrected chi connectivity index (χ0v) is 17.7. The first-order valence-electron chi connectivity index (χ1n) is 10.6. The van der Waals surface area contributed by atoms with E-state index < -0.39 is 0 Å². The summed E-state index contributed by atoms with van der Waals surface area (Å²) in [5.74, 6) is 0.0146. The van der Waals surface area contributed by atoms with Gasteiger partial charge in [-0.25, -0.2) is 4.68 Å². The number of benzene rings is 2. The highest BCUT2D eigenvalue weighted by Gasteiger charge is 2.25. The van der Waals surface area contributed by atoms with Gasteiger partial charge in [0.05, 0.1) is 17.4 Å². The van der Waals surface area contributed by atoms with Crippen LogP contribution in [0.5, 0.6) is 0 Å². The Balaban J connectivity index is 1.46. The number of carbonyl (C=O) groups excluding carboxylic acids is 2. The van der Waals surface area contributed by atoms with Crippen LogP contribution in [-0.2, 0) is 6.42 Å². The van der Waals surface area contributed by atoms with Crippen molar-refractivity contribution >= 4 is 23.2 Å². The topological polar surface area (TPSA) is 93.2 Å². The molecule has 0 bridgehead atoms. The van der Waals surface area contributed by atoms with Gasteiger partial charge in [-0.2, -0.15) is 5.10 Å². The average Bonchev–Trinajstić information content (AvgIpc) is 3.39. The van der Waals surface area contributed by atoms with Crippen LogP contribution in [0.15, 0.2) is 42.6 Å². The molecule has 2 heterocycles. The van der Waals surface area contributed by atoms with Gasteiger partial charge in [-0.1, -0.05) is 6.07 Å². The van der Waals surface area contributed by atoms with E-state index >= 15 is 0 Å². The molecule has 1 aliphatic carbocycles.